The van der Waals surface area contributed by atoms with Crippen LogP contribution in [0.15, 0.2) is 5.16 Å². The first-order chi connectivity index (χ1) is 5.49. The summed E-state index contributed by atoms with van der Waals surface area (Å²) in [6.07, 6.45) is -1.01. The lowest BCUT2D eigenvalue weighted by Crippen LogP contribution is -2.25. The van der Waals surface area contributed by atoms with Crippen LogP contribution >= 0.6 is 0 Å². The molecule has 0 aliphatic carbocycles. The van der Waals surface area contributed by atoms with E-state index in [1.54, 1.807) is 0 Å². The molecule has 66 valence electrons. The molecule has 0 bridgehead atoms. The standard InChI is InChI=1S/C5H5NO6/c7-2(1-3(8)9)4(6-12)5(10)11/h12H,1H2,(H,8,9)(H,10,11)/b6-4+. The third-order valence-electron chi connectivity index (χ3n) is 0.878. The zero-order valence-electron chi connectivity index (χ0n) is 5.72. The Morgan fingerprint density at radius 1 is 1.17 bits per heavy atom. The number of aliphatic carboxylic acids is 2. The molecule has 0 atom stereocenters. The van der Waals surface area contributed by atoms with Crippen LogP contribution in [-0.2, 0) is 14.4 Å². The van der Waals surface area contributed by atoms with Gasteiger partial charge in [0.25, 0.3) is 0 Å². The first-order valence-corrected chi connectivity index (χ1v) is 2.69. The molecule has 0 aromatic carbocycles. The maximum absolute atomic E-state index is 10.6. The Hall–Kier alpha value is -1.92. The first-order valence-electron chi connectivity index (χ1n) is 2.69. The second kappa shape index (κ2) is 4.06. The summed E-state index contributed by atoms with van der Waals surface area (Å²) in [5.41, 5.74) is -1.18. The largest absolute Gasteiger partial charge is 0.481 e. The quantitative estimate of drug-likeness (QED) is 0.216. The molecule has 0 aliphatic heterocycles. The molecule has 0 fully saturated rings. The summed E-state index contributed by atoms with van der Waals surface area (Å²) in [6.45, 7) is 0. The normalized spacial score (nSPS) is 10.8. The molecular weight excluding hydrogens is 170 g/mol. The van der Waals surface area contributed by atoms with Gasteiger partial charge >= 0.3 is 11.9 Å². The Balaban J connectivity index is 4.46. The number of hydrogen-bond donors (Lipinski definition) is 3. The van der Waals surface area contributed by atoms with Crippen LogP contribution in [0.1, 0.15) is 6.42 Å². The van der Waals surface area contributed by atoms with Gasteiger partial charge in [0, 0.05) is 0 Å². The zero-order chi connectivity index (χ0) is 9.72. The van der Waals surface area contributed by atoms with Crippen molar-refractivity contribution in [2.75, 3.05) is 0 Å². The van der Waals surface area contributed by atoms with Crippen LogP contribution < -0.4 is 0 Å². The van der Waals surface area contributed by atoms with Crippen molar-refractivity contribution in [2.24, 2.45) is 5.16 Å². The number of nitrogens with zero attached hydrogens (tertiary/aromatic N) is 1. The second-order valence-electron chi connectivity index (χ2n) is 1.75. The number of rotatable bonds is 4. The minimum atomic E-state index is -1.76. The van der Waals surface area contributed by atoms with E-state index in [2.05, 4.69) is 5.16 Å². The highest BCUT2D eigenvalue weighted by molar-refractivity contribution is 6.64. The first kappa shape index (κ1) is 10.1. The lowest BCUT2D eigenvalue weighted by Gasteiger charge is -1.93. The smallest absolute Gasteiger partial charge is 0.361 e. The summed E-state index contributed by atoms with van der Waals surface area (Å²) >= 11 is 0. The van der Waals surface area contributed by atoms with Gasteiger partial charge in [-0.15, -0.1) is 0 Å². The van der Waals surface area contributed by atoms with Crippen molar-refractivity contribution in [3.8, 4) is 0 Å². The lowest BCUT2D eigenvalue weighted by molar-refractivity contribution is -0.139. The average molecular weight is 175 g/mol. The number of carboxylic acid groups (broad SMARTS) is 2. The van der Waals surface area contributed by atoms with Gasteiger partial charge in [-0.2, -0.15) is 0 Å². The third-order valence-corrected chi connectivity index (χ3v) is 0.878. The number of ketones is 1. The van der Waals surface area contributed by atoms with Gasteiger partial charge in [0.2, 0.25) is 11.5 Å². The monoisotopic (exact) mass is 175 g/mol. The Morgan fingerprint density at radius 3 is 1.92 bits per heavy atom. The van der Waals surface area contributed by atoms with Crippen LogP contribution in [0.5, 0.6) is 0 Å². The number of carboxylic acids is 2. The highest BCUT2D eigenvalue weighted by Crippen LogP contribution is 1.88. The fourth-order valence-electron chi connectivity index (χ4n) is 0.439. The fraction of sp³-hybridized carbons (Fsp3) is 0.200. The van der Waals surface area contributed by atoms with Gasteiger partial charge in [-0.1, -0.05) is 5.16 Å². The molecule has 0 saturated carbocycles. The highest BCUT2D eigenvalue weighted by atomic mass is 16.4. The second-order valence-corrected chi connectivity index (χ2v) is 1.75. The van der Waals surface area contributed by atoms with Crippen molar-refractivity contribution in [1.29, 1.82) is 0 Å². The van der Waals surface area contributed by atoms with Crippen molar-refractivity contribution in [2.45, 2.75) is 6.42 Å². The maximum atomic E-state index is 10.6. The van der Waals surface area contributed by atoms with Crippen molar-refractivity contribution < 1.29 is 29.8 Å². The molecule has 3 N–H and O–H groups in total. The maximum Gasteiger partial charge on any atom is 0.361 e. The molecule has 0 aromatic heterocycles. The summed E-state index contributed by atoms with van der Waals surface area (Å²) in [4.78, 5) is 30.5. The van der Waals surface area contributed by atoms with Gasteiger partial charge in [-0.25, -0.2) is 4.79 Å². The van der Waals surface area contributed by atoms with Crippen LogP contribution in [-0.4, -0.2) is 38.9 Å². The van der Waals surface area contributed by atoms with Crippen molar-refractivity contribution >= 4 is 23.4 Å². The SMILES string of the molecule is O=C(O)CC(=O)/C(=N\O)C(=O)O. The Bertz CT molecular complexity index is 255. The van der Waals surface area contributed by atoms with E-state index in [4.69, 9.17) is 15.4 Å². The number of oxime groups is 1. The summed E-state index contributed by atoms with van der Waals surface area (Å²) < 4.78 is 0. The van der Waals surface area contributed by atoms with Crippen LogP contribution in [0.25, 0.3) is 0 Å². The average Bonchev–Trinajstić information content (AvgIpc) is 1.85. The minimum Gasteiger partial charge on any atom is -0.481 e. The Labute approximate surface area is 65.9 Å². The van der Waals surface area contributed by atoms with Crippen LogP contribution in [0.3, 0.4) is 0 Å². The Morgan fingerprint density at radius 2 is 1.67 bits per heavy atom. The summed E-state index contributed by atoms with van der Waals surface area (Å²) in [6, 6.07) is 0. The molecule has 7 nitrogen and oxygen atoms in total. The van der Waals surface area contributed by atoms with Gasteiger partial charge in [0.15, 0.2) is 0 Å². The van der Waals surface area contributed by atoms with Crippen molar-refractivity contribution in [3.05, 3.63) is 0 Å². The Kier molecular flexibility index (Phi) is 3.41. The number of carbonyl (C=O) groups excluding carboxylic acids is 1. The molecule has 12 heavy (non-hydrogen) atoms. The van der Waals surface area contributed by atoms with Crippen LogP contribution in [0.2, 0.25) is 0 Å². The molecular formula is C5H5NO6. The molecule has 0 heterocycles. The highest BCUT2D eigenvalue weighted by Gasteiger charge is 2.22. The van der Waals surface area contributed by atoms with Gasteiger partial charge in [-0.05, 0) is 0 Å². The number of carbonyl (C=O) groups is 3. The predicted molar refractivity (Wildman–Crippen MR) is 34.1 cm³/mol. The van der Waals surface area contributed by atoms with Crippen LogP contribution in [0.4, 0.5) is 0 Å². The third kappa shape index (κ3) is 2.78. The van der Waals surface area contributed by atoms with Crippen LogP contribution in [0, 0.1) is 0 Å². The topological polar surface area (TPSA) is 124 Å². The van der Waals surface area contributed by atoms with E-state index in [9.17, 15) is 14.4 Å². The van der Waals surface area contributed by atoms with E-state index >= 15 is 0 Å². The fourth-order valence-corrected chi connectivity index (χ4v) is 0.439. The minimum absolute atomic E-state index is 1.01. The van der Waals surface area contributed by atoms with E-state index in [1.807, 2.05) is 0 Å². The number of Topliss-reactive ketones (excluding diaryl/α,β-unsaturated/α-hetero) is 1. The van der Waals surface area contributed by atoms with E-state index in [0.717, 1.165) is 0 Å². The summed E-state index contributed by atoms with van der Waals surface area (Å²) in [5.74, 6) is -4.50. The van der Waals surface area contributed by atoms with E-state index < -0.39 is 29.9 Å². The molecule has 0 rings (SSSR count). The molecule has 0 radical (unpaired) electrons. The van der Waals surface area contributed by atoms with Crippen molar-refractivity contribution in [3.63, 3.8) is 0 Å². The predicted octanol–water partition coefficient (Wildman–Crippen LogP) is -1.06. The summed E-state index contributed by atoms with van der Waals surface area (Å²) in [5, 5.41) is 26.3. The molecule has 7 heteroatoms. The van der Waals surface area contributed by atoms with Gasteiger partial charge in [0.1, 0.15) is 6.42 Å². The van der Waals surface area contributed by atoms with Gasteiger partial charge < -0.3 is 15.4 Å². The van der Waals surface area contributed by atoms with E-state index in [-0.39, 0.29) is 0 Å². The van der Waals surface area contributed by atoms with E-state index in [0.29, 0.717) is 0 Å². The summed E-state index contributed by atoms with van der Waals surface area (Å²) in [7, 11) is 0. The molecule has 0 spiro atoms. The zero-order valence-corrected chi connectivity index (χ0v) is 5.72. The molecule has 0 saturated heterocycles. The molecule has 0 unspecified atom stereocenters. The number of hydrogen-bond acceptors (Lipinski definition) is 5. The molecule has 0 aromatic rings. The van der Waals surface area contributed by atoms with E-state index in [1.165, 1.54) is 0 Å². The molecule has 0 amide bonds. The van der Waals surface area contributed by atoms with Crippen molar-refractivity contribution in [1.82, 2.24) is 0 Å². The molecule has 0 aliphatic rings. The van der Waals surface area contributed by atoms with Gasteiger partial charge in [-0.3, -0.25) is 9.59 Å². The lowest BCUT2D eigenvalue weighted by atomic mass is 10.2. The van der Waals surface area contributed by atoms with Gasteiger partial charge in [0.05, 0.1) is 0 Å².